The van der Waals surface area contributed by atoms with E-state index in [1.54, 1.807) is 6.07 Å². The summed E-state index contributed by atoms with van der Waals surface area (Å²) in [5, 5.41) is 23.4. The first-order chi connectivity index (χ1) is 9.39. The number of fused-ring (bicyclic) bond motifs is 2. The second-order valence-electron chi connectivity index (χ2n) is 7.01. The van der Waals surface area contributed by atoms with Gasteiger partial charge < -0.3 is 15.5 Å². The summed E-state index contributed by atoms with van der Waals surface area (Å²) >= 11 is 0. The summed E-state index contributed by atoms with van der Waals surface area (Å²) in [5.74, 6) is 0.484. The van der Waals surface area contributed by atoms with Gasteiger partial charge in [0.1, 0.15) is 0 Å². The molecule has 3 N–H and O–H groups in total. The van der Waals surface area contributed by atoms with Crippen molar-refractivity contribution in [2.75, 3.05) is 13.1 Å². The van der Waals surface area contributed by atoms with Crippen LogP contribution in [0.2, 0.25) is 0 Å². The van der Waals surface area contributed by atoms with Crippen molar-refractivity contribution in [1.82, 2.24) is 5.32 Å². The van der Waals surface area contributed by atoms with Crippen molar-refractivity contribution in [3.05, 3.63) is 28.8 Å². The molecule has 0 fully saturated rings. The van der Waals surface area contributed by atoms with Gasteiger partial charge in [0.15, 0.2) is 11.5 Å². The van der Waals surface area contributed by atoms with Crippen molar-refractivity contribution in [3.8, 4) is 11.5 Å². The number of phenols is 2. The largest absolute Gasteiger partial charge is 0.504 e. The molecule has 1 aliphatic carbocycles. The third kappa shape index (κ3) is 2.01. The third-order valence-electron chi connectivity index (χ3n) is 4.72. The van der Waals surface area contributed by atoms with E-state index in [0.717, 1.165) is 37.1 Å². The maximum atomic E-state index is 10.2. The molecule has 1 aromatic carbocycles. The summed E-state index contributed by atoms with van der Waals surface area (Å²) in [4.78, 5) is 0. The zero-order chi connectivity index (χ0) is 14.5. The molecule has 0 radical (unpaired) electrons. The van der Waals surface area contributed by atoms with Crippen LogP contribution < -0.4 is 5.32 Å². The number of aromatic hydroxyl groups is 2. The Morgan fingerprint density at radius 1 is 1.20 bits per heavy atom. The molecule has 3 nitrogen and oxygen atoms in total. The van der Waals surface area contributed by atoms with E-state index in [1.807, 2.05) is 6.07 Å². The van der Waals surface area contributed by atoms with Crippen molar-refractivity contribution in [2.24, 2.45) is 11.3 Å². The van der Waals surface area contributed by atoms with E-state index < -0.39 is 0 Å². The Morgan fingerprint density at radius 2 is 1.95 bits per heavy atom. The van der Waals surface area contributed by atoms with Crippen molar-refractivity contribution < 1.29 is 10.2 Å². The Bertz CT molecular complexity index is 581. The van der Waals surface area contributed by atoms with Crippen molar-refractivity contribution in [1.29, 1.82) is 0 Å². The van der Waals surface area contributed by atoms with E-state index in [4.69, 9.17) is 0 Å². The second kappa shape index (κ2) is 4.52. The Hall–Kier alpha value is -1.48. The molecular formula is C17H23NO2. The quantitative estimate of drug-likeness (QED) is 0.637. The van der Waals surface area contributed by atoms with Crippen LogP contribution in [0.1, 0.15) is 38.3 Å². The molecule has 20 heavy (non-hydrogen) atoms. The monoisotopic (exact) mass is 273 g/mol. The molecule has 1 aliphatic heterocycles. The third-order valence-corrected chi connectivity index (χ3v) is 4.72. The van der Waals surface area contributed by atoms with Gasteiger partial charge in [0.05, 0.1) is 0 Å². The van der Waals surface area contributed by atoms with Gasteiger partial charge in [-0.2, -0.15) is 0 Å². The van der Waals surface area contributed by atoms with Crippen molar-refractivity contribution in [2.45, 2.75) is 33.6 Å². The molecule has 3 rings (SSSR count). The van der Waals surface area contributed by atoms with E-state index >= 15 is 0 Å². The lowest BCUT2D eigenvalue weighted by molar-refractivity contribution is 0.264. The molecule has 0 bridgehead atoms. The van der Waals surface area contributed by atoms with E-state index in [0.29, 0.717) is 5.92 Å². The number of benzene rings is 1. The summed E-state index contributed by atoms with van der Waals surface area (Å²) < 4.78 is 0. The van der Waals surface area contributed by atoms with E-state index in [9.17, 15) is 10.2 Å². The Balaban J connectivity index is 2.20. The van der Waals surface area contributed by atoms with Gasteiger partial charge >= 0.3 is 0 Å². The summed E-state index contributed by atoms with van der Waals surface area (Å²) in [6, 6.07) is 3.55. The first kappa shape index (κ1) is 13.5. The maximum absolute atomic E-state index is 10.2. The fraction of sp³-hybridized carbons (Fsp3) is 0.529. The predicted octanol–water partition coefficient (Wildman–Crippen LogP) is 3.06. The lowest BCUT2D eigenvalue weighted by Crippen LogP contribution is -2.35. The van der Waals surface area contributed by atoms with Gasteiger partial charge in [-0.05, 0) is 47.9 Å². The zero-order valence-electron chi connectivity index (χ0n) is 12.5. The SMILES string of the molecule is CC(C)(C)C1Cc2c(ccc(O)c2O)C2=C1CCNC2. The van der Waals surface area contributed by atoms with Gasteiger partial charge in [-0.15, -0.1) is 0 Å². The number of phenolic OH excluding ortho intramolecular Hbond substituents is 2. The smallest absolute Gasteiger partial charge is 0.161 e. The molecule has 0 aromatic heterocycles. The molecule has 1 unspecified atom stereocenters. The highest BCUT2D eigenvalue weighted by molar-refractivity contribution is 5.78. The standard InChI is InChI=1S/C17H23NO2/c1-17(2,3)14-8-12-10(4-5-15(19)16(12)20)13-9-18-7-6-11(13)14/h4-5,14,18-20H,6-9H2,1-3H3. The van der Waals surface area contributed by atoms with Gasteiger partial charge in [0, 0.05) is 12.1 Å². The van der Waals surface area contributed by atoms with Crippen LogP contribution in [0.3, 0.4) is 0 Å². The number of nitrogens with one attached hydrogen (secondary N) is 1. The second-order valence-corrected chi connectivity index (χ2v) is 7.01. The Labute approximate surface area is 120 Å². The molecule has 0 saturated heterocycles. The van der Waals surface area contributed by atoms with Crippen LogP contribution in [0, 0.1) is 11.3 Å². The molecule has 3 heteroatoms. The maximum Gasteiger partial charge on any atom is 0.161 e. The Kier molecular flexibility index (Phi) is 3.05. The van der Waals surface area contributed by atoms with Crippen molar-refractivity contribution in [3.63, 3.8) is 0 Å². The highest BCUT2D eigenvalue weighted by Gasteiger charge is 2.36. The van der Waals surface area contributed by atoms with Gasteiger partial charge in [0.25, 0.3) is 0 Å². The number of hydrogen-bond acceptors (Lipinski definition) is 3. The first-order valence-electron chi connectivity index (χ1n) is 7.36. The molecule has 1 heterocycles. The average molecular weight is 273 g/mol. The minimum atomic E-state index is -0.00997. The highest BCUT2D eigenvalue weighted by atomic mass is 16.3. The average Bonchev–Trinajstić information content (AvgIpc) is 2.41. The summed E-state index contributed by atoms with van der Waals surface area (Å²) in [5.41, 5.74) is 5.05. The molecule has 2 aliphatic rings. The molecule has 1 aromatic rings. The summed E-state index contributed by atoms with van der Waals surface area (Å²) in [6.45, 7) is 8.67. The summed E-state index contributed by atoms with van der Waals surface area (Å²) in [6.07, 6.45) is 1.90. The molecule has 0 spiro atoms. The van der Waals surface area contributed by atoms with E-state index in [2.05, 4.69) is 26.1 Å². The minimum absolute atomic E-state index is 0.00997. The van der Waals surface area contributed by atoms with Crippen LogP contribution in [0.25, 0.3) is 5.57 Å². The molecule has 0 amide bonds. The van der Waals surface area contributed by atoms with E-state index in [-0.39, 0.29) is 16.9 Å². The van der Waals surface area contributed by atoms with Gasteiger partial charge in [0.2, 0.25) is 0 Å². The van der Waals surface area contributed by atoms with Crippen LogP contribution in [0.4, 0.5) is 0 Å². The fourth-order valence-corrected chi connectivity index (χ4v) is 3.62. The topological polar surface area (TPSA) is 52.5 Å². The van der Waals surface area contributed by atoms with Gasteiger partial charge in [-0.1, -0.05) is 32.4 Å². The zero-order valence-corrected chi connectivity index (χ0v) is 12.5. The lowest BCUT2D eigenvalue weighted by atomic mass is 9.66. The minimum Gasteiger partial charge on any atom is -0.504 e. The van der Waals surface area contributed by atoms with Crippen LogP contribution in [-0.2, 0) is 6.42 Å². The van der Waals surface area contributed by atoms with Crippen LogP contribution in [0.15, 0.2) is 17.7 Å². The van der Waals surface area contributed by atoms with Crippen LogP contribution in [-0.4, -0.2) is 23.3 Å². The molecular weight excluding hydrogens is 250 g/mol. The predicted molar refractivity (Wildman–Crippen MR) is 80.8 cm³/mol. The van der Waals surface area contributed by atoms with Gasteiger partial charge in [-0.25, -0.2) is 0 Å². The highest BCUT2D eigenvalue weighted by Crippen LogP contribution is 2.48. The van der Waals surface area contributed by atoms with Crippen molar-refractivity contribution >= 4 is 5.57 Å². The number of rotatable bonds is 0. The first-order valence-corrected chi connectivity index (χ1v) is 7.36. The normalized spacial score (nSPS) is 22.4. The number of hydrogen-bond donors (Lipinski definition) is 3. The van der Waals surface area contributed by atoms with Crippen LogP contribution >= 0.6 is 0 Å². The van der Waals surface area contributed by atoms with Crippen LogP contribution in [0.5, 0.6) is 11.5 Å². The molecule has 108 valence electrons. The molecule has 0 saturated carbocycles. The molecule has 1 atom stereocenters. The van der Waals surface area contributed by atoms with Gasteiger partial charge in [-0.3, -0.25) is 0 Å². The van der Waals surface area contributed by atoms with E-state index in [1.165, 1.54) is 11.1 Å². The fourth-order valence-electron chi connectivity index (χ4n) is 3.62. The Morgan fingerprint density at radius 3 is 2.65 bits per heavy atom. The summed E-state index contributed by atoms with van der Waals surface area (Å²) in [7, 11) is 0. The lowest BCUT2D eigenvalue weighted by Gasteiger charge is -2.41.